The lowest BCUT2D eigenvalue weighted by atomic mass is 10.1. The van der Waals surface area contributed by atoms with E-state index in [4.69, 9.17) is 17.3 Å². The molecule has 110 valence electrons. The molecule has 1 aromatic heterocycles. The highest BCUT2D eigenvalue weighted by molar-refractivity contribution is 6.31. The first kappa shape index (κ1) is 15.3. The van der Waals surface area contributed by atoms with E-state index in [0.717, 1.165) is 19.3 Å². The Hall–Kier alpha value is -2.07. The Morgan fingerprint density at radius 1 is 1.29 bits per heavy atom. The summed E-state index contributed by atoms with van der Waals surface area (Å²) in [4.78, 5) is 16.0. The lowest BCUT2D eigenvalue weighted by Gasteiger charge is -2.08. The molecule has 21 heavy (non-hydrogen) atoms. The van der Waals surface area contributed by atoms with Crippen molar-refractivity contribution in [1.82, 2.24) is 10.3 Å². The molecule has 3 N–H and O–H groups in total. The van der Waals surface area contributed by atoms with Gasteiger partial charge < -0.3 is 11.1 Å². The molecule has 0 saturated heterocycles. The molecule has 0 saturated carbocycles. The van der Waals surface area contributed by atoms with Gasteiger partial charge in [0.1, 0.15) is 0 Å². The standard InChI is InChI=1S/C16H18ClN3O/c17-13-6-7-14(15(18)10-13)16(21)20-9-2-1-4-12-5-3-8-19-11-12/h3,5-8,10-11H,1-2,4,9,18H2,(H,20,21). The van der Waals surface area contributed by atoms with E-state index in [1.165, 1.54) is 5.56 Å². The minimum Gasteiger partial charge on any atom is -0.398 e. The molecule has 5 heteroatoms. The maximum atomic E-state index is 12.0. The van der Waals surface area contributed by atoms with Crippen LogP contribution in [-0.4, -0.2) is 17.4 Å². The van der Waals surface area contributed by atoms with Crippen LogP contribution in [0.2, 0.25) is 5.02 Å². The second-order valence-corrected chi connectivity index (χ2v) is 5.24. The number of hydrogen-bond acceptors (Lipinski definition) is 3. The van der Waals surface area contributed by atoms with Gasteiger partial charge in [-0.1, -0.05) is 17.7 Å². The Balaban J connectivity index is 1.72. The molecule has 4 nitrogen and oxygen atoms in total. The van der Waals surface area contributed by atoms with Crippen LogP contribution in [0, 0.1) is 0 Å². The largest absolute Gasteiger partial charge is 0.398 e. The van der Waals surface area contributed by atoms with Gasteiger partial charge in [0.05, 0.1) is 5.56 Å². The molecule has 0 radical (unpaired) electrons. The summed E-state index contributed by atoms with van der Waals surface area (Å²) < 4.78 is 0. The average molecular weight is 304 g/mol. The van der Waals surface area contributed by atoms with Crippen molar-refractivity contribution in [2.45, 2.75) is 19.3 Å². The van der Waals surface area contributed by atoms with Crippen molar-refractivity contribution >= 4 is 23.2 Å². The molecular formula is C16H18ClN3O. The number of carbonyl (C=O) groups is 1. The van der Waals surface area contributed by atoms with E-state index in [2.05, 4.69) is 16.4 Å². The molecule has 1 aromatic carbocycles. The number of aromatic nitrogens is 1. The van der Waals surface area contributed by atoms with Crippen LogP contribution in [0.5, 0.6) is 0 Å². The Kier molecular flexibility index (Phi) is 5.58. The van der Waals surface area contributed by atoms with Crippen molar-refractivity contribution < 1.29 is 4.79 Å². The predicted octanol–water partition coefficient (Wildman–Crippen LogP) is 3.07. The third-order valence-corrected chi connectivity index (χ3v) is 3.39. The van der Waals surface area contributed by atoms with Crippen LogP contribution < -0.4 is 11.1 Å². The molecule has 2 rings (SSSR count). The molecule has 0 aliphatic heterocycles. The number of anilines is 1. The van der Waals surface area contributed by atoms with Crippen LogP contribution in [0.3, 0.4) is 0 Å². The average Bonchev–Trinajstić information content (AvgIpc) is 2.47. The summed E-state index contributed by atoms with van der Waals surface area (Å²) in [5.41, 5.74) is 7.85. The van der Waals surface area contributed by atoms with Crippen molar-refractivity contribution in [2.24, 2.45) is 0 Å². The number of nitrogens with two attached hydrogens (primary N) is 1. The molecule has 0 spiro atoms. The summed E-state index contributed by atoms with van der Waals surface area (Å²) in [7, 11) is 0. The summed E-state index contributed by atoms with van der Waals surface area (Å²) in [5, 5.41) is 3.40. The number of hydrogen-bond donors (Lipinski definition) is 2. The number of benzene rings is 1. The first-order valence-electron chi connectivity index (χ1n) is 6.89. The maximum Gasteiger partial charge on any atom is 0.253 e. The number of rotatable bonds is 6. The van der Waals surface area contributed by atoms with Gasteiger partial charge in [-0.05, 0) is 49.1 Å². The normalized spacial score (nSPS) is 10.3. The van der Waals surface area contributed by atoms with Crippen LogP contribution in [-0.2, 0) is 6.42 Å². The fourth-order valence-electron chi connectivity index (χ4n) is 2.04. The highest BCUT2D eigenvalue weighted by atomic mass is 35.5. The number of amides is 1. The van der Waals surface area contributed by atoms with Gasteiger partial charge in [-0.2, -0.15) is 0 Å². The Morgan fingerprint density at radius 3 is 2.86 bits per heavy atom. The molecule has 0 aliphatic carbocycles. The van der Waals surface area contributed by atoms with Crippen molar-refractivity contribution in [3.8, 4) is 0 Å². The molecule has 1 amide bonds. The second-order valence-electron chi connectivity index (χ2n) is 4.81. The van der Waals surface area contributed by atoms with E-state index in [1.54, 1.807) is 24.4 Å². The van der Waals surface area contributed by atoms with Gasteiger partial charge in [-0.15, -0.1) is 0 Å². The molecule has 2 aromatic rings. The van der Waals surface area contributed by atoms with Gasteiger partial charge in [0.2, 0.25) is 0 Å². The summed E-state index contributed by atoms with van der Waals surface area (Å²) in [6, 6.07) is 8.87. The fraction of sp³-hybridized carbons (Fsp3) is 0.250. The van der Waals surface area contributed by atoms with Crippen molar-refractivity contribution in [2.75, 3.05) is 12.3 Å². The van der Waals surface area contributed by atoms with E-state index in [9.17, 15) is 4.79 Å². The van der Waals surface area contributed by atoms with E-state index >= 15 is 0 Å². The van der Waals surface area contributed by atoms with Crippen LogP contribution >= 0.6 is 11.6 Å². The zero-order valence-electron chi connectivity index (χ0n) is 11.7. The van der Waals surface area contributed by atoms with E-state index in [-0.39, 0.29) is 5.91 Å². The summed E-state index contributed by atoms with van der Waals surface area (Å²) in [5.74, 6) is -0.162. The number of nitrogens with zero attached hydrogens (tertiary/aromatic N) is 1. The SMILES string of the molecule is Nc1cc(Cl)ccc1C(=O)NCCCCc1cccnc1. The van der Waals surface area contributed by atoms with Crippen LogP contribution in [0.15, 0.2) is 42.7 Å². The van der Waals surface area contributed by atoms with E-state index < -0.39 is 0 Å². The minimum atomic E-state index is -0.162. The smallest absolute Gasteiger partial charge is 0.253 e. The lowest BCUT2D eigenvalue weighted by molar-refractivity contribution is 0.0954. The summed E-state index contributed by atoms with van der Waals surface area (Å²) >= 11 is 5.81. The summed E-state index contributed by atoms with van der Waals surface area (Å²) in [6.45, 7) is 0.626. The molecule has 0 bridgehead atoms. The number of aryl methyl sites for hydroxylation is 1. The Bertz CT molecular complexity index is 602. The lowest BCUT2D eigenvalue weighted by Crippen LogP contribution is -2.25. The van der Waals surface area contributed by atoms with Gasteiger partial charge in [0, 0.05) is 29.6 Å². The van der Waals surface area contributed by atoms with Gasteiger partial charge in [-0.3, -0.25) is 9.78 Å². The third kappa shape index (κ3) is 4.76. The number of halogens is 1. The number of nitrogens with one attached hydrogen (secondary N) is 1. The molecule has 1 heterocycles. The molecule has 0 unspecified atom stereocenters. The van der Waals surface area contributed by atoms with Gasteiger partial charge in [0.25, 0.3) is 5.91 Å². The van der Waals surface area contributed by atoms with Crippen LogP contribution in [0.25, 0.3) is 0 Å². The molecular weight excluding hydrogens is 286 g/mol. The zero-order valence-corrected chi connectivity index (χ0v) is 12.4. The Labute approximate surface area is 129 Å². The van der Waals surface area contributed by atoms with Gasteiger partial charge >= 0.3 is 0 Å². The molecule has 0 atom stereocenters. The number of carbonyl (C=O) groups excluding carboxylic acids is 1. The fourth-order valence-corrected chi connectivity index (χ4v) is 2.22. The van der Waals surface area contributed by atoms with Crippen molar-refractivity contribution in [3.63, 3.8) is 0 Å². The first-order chi connectivity index (χ1) is 10.2. The van der Waals surface area contributed by atoms with Gasteiger partial charge in [0.15, 0.2) is 0 Å². The third-order valence-electron chi connectivity index (χ3n) is 3.16. The highest BCUT2D eigenvalue weighted by Gasteiger charge is 2.08. The monoisotopic (exact) mass is 303 g/mol. The summed E-state index contributed by atoms with van der Waals surface area (Å²) in [6.07, 6.45) is 6.51. The highest BCUT2D eigenvalue weighted by Crippen LogP contribution is 2.17. The van der Waals surface area contributed by atoms with Gasteiger partial charge in [-0.25, -0.2) is 0 Å². The van der Waals surface area contributed by atoms with Crippen LogP contribution in [0.4, 0.5) is 5.69 Å². The number of pyridine rings is 1. The molecule has 0 aliphatic rings. The van der Waals surface area contributed by atoms with E-state index in [0.29, 0.717) is 22.8 Å². The minimum absolute atomic E-state index is 0.162. The van der Waals surface area contributed by atoms with Crippen molar-refractivity contribution in [1.29, 1.82) is 0 Å². The maximum absolute atomic E-state index is 12.0. The first-order valence-corrected chi connectivity index (χ1v) is 7.27. The second kappa shape index (κ2) is 7.64. The predicted molar refractivity (Wildman–Crippen MR) is 85.4 cm³/mol. The molecule has 0 fully saturated rings. The number of nitrogen functional groups attached to an aromatic ring is 1. The van der Waals surface area contributed by atoms with E-state index in [1.807, 2.05) is 12.3 Å². The zero-order chi connectivity index (χ0) is 15.1. The topological polar surface area (TPSA) is 68.0 Å². The quantitative estimate of drug-likeness (QED) is 0.636. The van der Waals surface area contributed by atoms with Crippen LogP contribution in [0.1, 0.15) is 28.8 Å². The van der Waals surface area contributed by atoms with Crippen molar-refractivity contribution in [3.05, 3.63) is 58.9 Å². The Morgan fingerprint density at radius 2 is 2.14 bits per heavy atom. The number of unbranched alkanes of at least 4 members (excludes halogenated alkanes) is 1.